The summed E-state index contributed by atoms with van der Waals surface area (Å²) in [5.74, 6) is -2.12. The molecule has 0 N–H and O–H groups in total. The topological polar surface area (TPSA) is 71.5 Å². The predicted octanol–water partition coefficient (Wildman–Crippen LogP) is 5.88. The van der Waals surface area contributed by atoms with E-state index >= 15 is 0 Å². The highest BCUT2D eigenvalue weighted by molar-refractivity contribution is 9.10. The first kappa shape index (κ1) is 22.9. The molecule has 1 spiro atoms. The summed E-state index contributed by atoms with van der Waals surface area (Å²) in [6.07, 6.45) is 0. The van der Waals surface area contributed by atoms with E-state index in [1.165, 1.54) is 16.4 Å². The summed E-state index contributed by atoms with van der Waals surface area (Å²) >= 11 is 3.44. The van der Waals surface area contributed by atoms with Crippen molar-refractivity contribution in [2.24, 2.45) is 5.92 Å². The van der Waals surface area contributed by atoms with Crippen molar-refractivity contribution < 1.29 is 18.0 Å². The average molecular weight is 558 g/mol. The third kappa shape index (κ3) is 3.16. The maximum Gasteiger partial charge on any atom is 0.265 e. The first-order valence-electron chi connectivity index (χ1n) is 11.5. The number of rotatable bonds is 5. The highest BCUT2D eigenvalue weighted by Gasteiger charge is 2.80. The number of fused-ring (bicyclic) bond motifs is 1. The molecule has 3 atom stereocenters. The molecule has 1 aliphatic heterocycles. The molecule has 7 heteroatoms. The Balaban J connectivity index is 1.61. The van der Waals surface area contributed by atoms with E-state index in [9.17, 15) is 18.0 Å². The number of halogens is 1. The van der Waals surface area contributed by atoms with E-state index in [2.05, 4.69) is 15.9 Å². The number of Topliss-reactive ketones (excluding diaryl/α,β-unsaturated/α-hetero) is 2. The molecule has 178 valence electrons. The highest BCUT2D eigenvalue weighted by atomic mass is 79.9. The van der Waals surface area contributed by atoms with Crippen LogP contribution in [0.2, 0.25) is 0 Å². The number of anilines is 1. The summed E-state index contributed by atoms with van der Waals surface area (Å²) < 4.78 is 30.5. The summed E-state index contributed by atoms with van der Waals surface area (Å²) in [5.41, 5.74) is 0.211. The number of sulfonamides is 1. The molecule has 0 saturated heterocycles. The van der Waals surface area contributed by atoms with Gasteiger partial charge in [-0.1, -0.05) is 88.7 Å². The minimum atomic E-state index is -4.18. The van der Waals surface area contributed by atoms with Gasteiger partial charge < -0.3 is 0 Å². The van der Waals surface area contributed by atoms with Crippen LogP contribution < -0.4 is 4.31 Å². The number of hydrogen-bond acceptors (Lipinski definition) is 4. The summed E-state index contributed by atoms with van der Waals surface area (Å²) in [7, 11) is -4.18. The van der Waals surface area contributed by atoms with Crippen molar-refractivity contribution in [1.29, 1.82) is 0 Å². The summed E-state index contributed by atoms with van der Waals surface area (Å²) in [5, 5.41) is 0. The van der Waals surface area contributed by atoms with Gasteiger partial charge >= 0.3 is 0 Å². The SMILES string of the molecule is O=C(c1ccccc1)[C@@H]1[C@@H](c2ccc(Br)cc2)[C@@]12C(=O)c1ccccc1N2S(=O)(=O)c1ccccc1. The first-order valence-corrected chi connectivity index (χ1v) is 13.7. The summed E-state index contributed by atoms with van der Waals surface area (Å²) in [6, 6.07) is 30.9. The van der Waals surface area contributed by atoms with Crippen molar-refractivity contribution >= 4 is 43.2 Å². The smallest absolute Gasteiger partial charge is 0.265 e. The van der Waals surface area contributed by atoms with E-state index in [0.29, 0.717) is 16.8 Å². The second kappa shape index (κ2) is 8.25. The van der Waals surface area contributed by atoms with Crippen LogP contribution in [0.4, 0.5) is 5.69 Å². The number of benzene rings is 4. The Labute approximate surface area is 217 Å². The molecule has 6 rings (SSSR count). The standard InChI is InChI=1S/C29H20BrNO4S/c30-21-17-15-19(16-18-21)25-26(27(32)20-9-3-1-4-10-20)29(25)28(33)23-13-7-8-14-24(23)31(29)36(34,35)22-11-5-2-6-12-22/h1-18,25-26H/t25-,26+,29+/m1/s1. The molecular weight excluding hydrogens is 538 g/mol. The lowest BCUT2D eigenvalue weighted by Gasteiger charge is -2.27. The van der Waals surface area contributed by atoms with Crippen molar-refractivity contribution in [3.8, 4) is 0 Å². The maximum absolute atomic E-state index is 14.2. The van der Waals surface area contributed by atoms with Gasteiger partial charge in [0.25, 0.3) is 10.0 Å². The molecule has 1 aliphatic carbocycles. The molecule has 1 saturated carbocycles. The van der Waals surface area contributed by atoms with Gasteiger partial charge in [-0.3, -0.25) is 13.9 Å². The molecule has 0 aromatic heterocycles. The average Bonchev–Trinajstić information content (AvgIpc) is 3.51. The molecule has 0 bridgehead atoms. The van der Waals surface area contributed by atoms with Crippen LogP contribution in [0.5, 0.6) is 0 Å². The van der Waals surface area contributed by atoms with Crippen LogP contribution in [0.1, 0.15) is 32.2 Å². The zero-order chi connectivity index (χ0) is 25.1. The van der Waals surface area contributed by atoms with Gasteiger partial charge in [0.15, 0.2) is 11.6 Å². The van der Waals surface area contributed by atoms with E-state index < -0.39 is 27.4 Å². The fourth-order valence-corrected chi connectivity index (χ4v) is 7.64. The van der Waals surface area contributed by atoms with Gasteiger partial charge in [-0.25, -0.2) is 8.42 Å². The Hall–Kier alpha value is -3.55. The zero-order valence-electron chi connectivity index (χ0n) is 18.9. The van der Waals surface area contributed by atoms with E-state index in [1.54, 1.807) is 66.7 Å². The van der Waals surface area contributed by atoms with Gasteiger partial charge in [0.1, 0.15) is 5.54 Å². The van der Waals surface area contributed by atoms with Crippen LogP contribution in [-0.4, -0.2) is 25.5 Å². The van der Waals surface area contributed by atoms with E-state index in [1.807, 2.05) is 30.3 Å². The van der Waals surface area contributed by atoms with Gasteiger partial charge in [-0.05, 0) is 42.0 Å². The summed E-state index contributed by atoms with van der Waals surface area (Å²) in [4.78, 5) is 28.2. The van der Waals surface area contributed by atoms with Gasteiger partial charge in [-0.15, -0.1) is 0 Å². The molecule has 2 aliphatic rings. The molecule has 0 amide bonds. The second-order valence-electron chi connectivity index (χ2n) is 8.99. The molecule has 0 radical (unpaired) electrons. The molecule has 1 fully saturated rings. The monoisotopic (exact) mass is 557 g/mol. The Morgan fingerprint density at radius 1 is 0.778 bits per heavy atom. The van der Waals surface area contributed by atoms with Crippen molar-refractivity contribution in [1.82, 2.24) is 0 Å². The van der Waals surface area contributed by atoms with Gasteiger partial charge in [0.2, 0.25) is 0 Å². The third-order valence-electron chi connectivity index (χ3n) is 7.09. The Morgan fingerprint density at radius 2 is 1.36 bits per heavy atom. The second-order valence-corrected chi connectivity index (χ2v) is 11.7. The van der Waals surface area contributed by atoms with Gasteiger partial charge in [0, 0.05) is 21.5 Å². The van der Waals surface area contributed by atoms with Crippen molar-refractivity contribution in [2.75, 3.05) is 4.31 Å². The van der Waals surface area contributed by atoms with Gasteiger partial charge in [-0.2, -0.15) is 0 Å². The minimum absolute atomic E-state index is 0.0706. The number of carbonyl (C=O) groups is 2. The van der Waals surface area contributed by atoms with Crippen molar-refractivity contribution in [2.45, 2.75) is 16.4 Å². The highest BCUT2D eigenvalue weighted by Crippen LogP contribution is 2.68. The van der Waals surface area contributed by atoms with Crippen molar-refractivity contribution in [3.05, 3.63) is 130 Å². The lowest BCUT2D eigenvalue weighted by Crippen LogP contribution is -2.46. The lowest BCUT2D eigenvalue weighted by molar-refractivity contribution is 0.0900. The van der Waals surface area contributed by atoms with Crippen molar-refractivity contribution in [3.63, 3.8) is 0 Å². The molecular formula is C29H20BrNO4S. The van der Waals surface area contributed by atoms with Crippen LogP contribution in [0.25, 0.3) is 0 Å². The number of para-hydroxylation sites is 1. The maximum atomic E-state index is 14.2. The number of carbonyl (C=O) groups excluding carboxylic acids is 2. The lowest BCUT2D eigenvalue weighted by atomic mass is 10.00. The molecule has 4 aromatic rings. The normalized spacial score (nSPS) is 22.5. The van der Waals surface area contributed by atoms with Crippen LogP contribution in [0.3, 0.4) is 0 Å². The van der Waals surface area contributed by atoms with E-state index in [4.69, 9.17) is 0 Å². The zero-order valence-corrected chi connectivity index (χ0v) is 21.3. The fourth-order valence-electron chi connectivity index (χ4n) is 5.54. The Bertz CT molecular complexity index is 1600. The Kier molecular flexibility index (Phi) is 5.24. The largest absolute Gasteiger partial charge is 0.294 e. The molecule has 1 heterocycles. The van der Waals surface area contributed by atoms with E-state index in [-0.39, 0.29) is 16.5 Å². The summed E-state index contributed by atoms with van der Waals surface area (Å²) in [6.45, 7) is 0. The van der Waals surface area contributed by atoms with Crippen LogP contribution in [0.15, 0.2) is 119 Å². The van der Waals surface area contributed by atoms with Crippen LogP contribution >= 0.6 is 15.9 Å². The molecule has 5 nitrogen and oxygen atoms in total. The van der Waals surface area contributed by atoms with Crippen LogP contribution in [0, 0.1) is 5.92 Å². The number of nitrogens with zero attached hydrogens (tertiary/aromatic N) is 1. The fraction of sp³-hybridized carbons (Fsp3) is 0.103. The number of ketones is 2. The van der Waals surface area contributed by atoms with Gasteiger partial charge in [0.05, 0.1) is 16.5 Å². The molecule has 36 heavy (non-hydrogen) atoms. The van der Waals surface area contributed by atoms with Crippen LogP contribution in [-0.2, 0) is 10.0 Å². The Morgan fingerprint density at radius 3 is 2.03 bits per heavy atom. The first-order chi connectivity index (χ1) is 17.4. The predicted molar refractivity (Wildman–Crippen MR) is 141 cm³/mol. The quantitative estimate of drug-likeness (QED) is 0.287. The number of hydrogen-bond donors (Lipinski definition) is 0. The van der Waals surface area contributed by atoms with E-state index in [0.717, 1.165) is 10.0 Å². The third-order valence-corrected chi connectivity index (χ3v) is 9.47. The minimum Gasteiger partial charge on any atom is -0.294 e. The molecule has 0 unspecified atom stereocenters. The molecule has 4 aromatic carbocycles.